The quantitative estimate of drug-likeness (QED) is 0.781. The Morgan fingerprint density at radius 3 is 2.95 bits per heavy atom. The zero-order valence-electron chi connectivity index (χ0n) is 12.2. The summed E-state index contributed by atoms with van der Waals surface area (Å²) in [4.78, 5) is 4.67. The van der Waals surface area contributed by atoms with E-state index in [9.17, 15) is 0 Å². The zero-order chi connectivity index (χ0) is 14.7. The van der Waals surface area contributed by atoms with Crippen LogP contribution in [0.15, 0.2) is 41.8 Å². The van der Waals surface area contributed by atoms with Crippen LogP contribution in [0.3, 0.4) is 0 Å². The van der Waals surface area contributed by atoms with E-state index in [1.54, 1.807) is 18.4 Å². The van der Waals surface area contributed by atoms with Crippen molar-refractivity contribution in [2.24, 2.45) is 0 Å². The van der Waals surface area contributed by atoms with E-state index in [-0.39, 0.29) is 0 Å². The van der Waals surface area contributed by atoms with E-state index < -0.39 is 0 Å². The summed E-state index contributed by atoms with van der Waals surface area (Å²) in [6, 6.07) is 12.6. The van der Waals surface area contributed by atoms with Crippen LogP contribution in [0.25, 0.3) is 10.8 Å². The van der Waals surface area contributed by atoms with Crippen molar-refractivity contribution in [1.29, 1.82) is 0 Å². The van der Waals surface area contributed by atoms with Gasteiger partial charge in [-0.25, -0.2) is 4.98 Å². The van der Waals surface area contributed by atoms with Gasteiger partial charge >= 0.3 is 0 Å². The van der Waals surface area contributed by atoms with Gasteiger partial charge in [-0.2, -0.15) is 0 Å². The number of methoxy groups -OCH3 is 1. The lowest BCUT2D eigenvalue weighted by Gasteiger charge is -2.07. The van der Waals surface area contributed by atoms with Crippen molar-refractivity contribution in [1.82, 2.24) is 10.3 Å². The minimum atomic E-state index is 0.819. The highest BCUT2D eigenvalue weighted by atomic mass is 32.1. The van der Waals surface area contributed by atoms with Crippen molar-refractivity contribution in [3.8, 4) is 5.75 Å². The molecule has 0 atom stereocenters. The van der Waals surface area contributed by atoms with E-state index in [1.165, 1.54) is 16.3 Å². The number of nitrogens with zero attached hydrogens (tertiary/aromatic N) is 1. The molecular formula is C17H18N2OS. The number of nitrogens with one attached hydrogen (secondary N) is 1. The van der Waals surface area contributed by atoms with Gasteiger partial charge in [0.1, 0.15) is 5.75 Å². The number of fused-ring (bicyclic) bond motifs is 1. The lowest BCUT2D eigenvalue weighted by molar-refractivity contribution is 0.415. The van der Waals surface area contributed by atoms with Crippen molar-refractivity contribution < 1.29 is 4.74 Å². The van der Waals surface area contributed by atoms with E-state index in [0.717, 1.165) is 29.4 Å². The molecule has 1 aromatic heterocycles. The van der Waals surface area contributed by atoms with Crippen LogP contribution < -0.4 is 10.1 Å². The van der Waals surface area contributed by atoms with Gasteiger partial charge in [0.2, 0.25) is 0 Å². The van der Waals surface area contributed by atoms with E-state index in [4.69, 9.17) is 4.74 Å². The van der Waals surface area contributed by atoms with Gasteiger partial charge in [-0.05, 0) is 35.5 Å². The molecule has 0 fully saturated rings. The SMILES string of the molecule is CNCc1csc(Cc2cccc3ccc(OC)cc23)n1. The monoisotopic (exact) mass is 298 g/mol. The Kier molecular flexibility index (Phi) is 4.18. The standard InChI is InChI=1S/C17H18N2OS/c1-18-10-14-11-21-17(19-14)8-13-5-3-4-12-6-7-15(20-2)9-16(12)13/h3-7,9,11,18H,8,10H2,1-2H3. The molecule has 0 unspecified atom stereocenters. The molecule has 0 bridgehead atoms. The summed E-state index contributed by atoms with van der Waals surface area (Å²) in [5.41, 5.74) is 2.40. The van der Waals surface area contributed by atoms with Gasteiger partial charge in [0.05, 0.1) is 17.8 Å². The normalized spacial score (nSPS) is 11.0. The smallest absolute Gasteiger partial charge is 0.119 e. The van der Waals surface area contributed by atoms with E-state index in [2.05, 4.69) is 46.0 Å². The molecule has 0 aliphatic rings. The Morgan fingerprint density at radius 2 is 2.14 bits per heavy atom. The molecule has 3 rings (SSSR count). The maximum absolute atomic E-state index is 5.34. The molecule has 3 aromatic rings. The van der Waals surface area contributed by atoms with Crippen LogP contribution in [0.2, 0.25) is 0 Å². The third kappa shape index (κ3) is 3.06. The van der Waals surface area contributed by atoms with Gasteiger partial charge in [0.25, 0.3) is 0 Å². The molecule has 0 radical (unpaired) electrons. The van der Waals surface area contributed by atoms with Crippen LogP contribution in [0.4, 0.5) is 0 Å². The number of hydrogen-bond acceptors (Lipinski definition) is 4. The van der Waals surface area contributed by atoms with Gasteiger partial charge in [-0.3, -0.25) is 0 Å². The molecule has 0 aliphatic heterocycles. The van der Waals surface area contributed by atoms with Crippen molar-refractivity contribution in [3.05, 3.63) is 58.0 Å². The Hall–Kier alpha value is -1.91. The van der Waals surface area contributed by atoms with E-state index >= 15 is 0 Å². The molecule has 0 amide bonds. The topological polar surface area (TPSA) is 34.1 Å². The highest BCUT2D eigenvalue weighted by molar-refractivity contribution is 7.09. The number of ether oxygens (including phenoxy) is 1. The average Bonchev–Trinajstić information content (AvgIpc) is 2.95. The van der Waals surface area contributed by atoms with Crippen LogP contribution in [0.5, 0.6) is 5.75 Å². The average molecular weight is 298 g/mol. The summed E-state index contributed by atoms with van der Waals surface area (Å²) in [5, 5.41) is 8.88. The molecule has 21 heavy (non-hydrogen) atoms. The number of thiazole rings is 1. The summed E-state index contributed by atoms with van der Waals surface area (Å²) in [6.07, 6.45) is 0.860. The van der Waals surface area contributed by atoms with Crippen molar-refractivity contribution in [2.45, 2.75) is 13.0 Å². The summed E-state index contributed by atoms with van der Waals surface area (Å²) < 4.78 is 5.34. The van der Waals surface area contributed by atoms with Crippen molar-refractivity contribution >= 4 is 22.1 Å². The van der Waals surface area contributed by atoms with Crippen LogP contribution in [-0.2, 0) is 13.0 Å². The van der Waals surface area contributed by atoms with E-state index in [0.29, 0.717) is 0 Å². The summed E-state index contributed by atoms with van der Waals surface area (Å²) in [7, 11) is 3.64. The Morgan fingerprint density at radius 1 is 1.24 bits per heavy atom. The fourth-order valence-corrected chi connectivity index (χ4v) is 3.27. The third-order valence-electron chi connectivity index (χ3n) is 3.48. The summed E-state index contributed by atoms with van der Waals surface area (Å²) >= 11 is 1.72. The molecular weight excluding hydrogens is 280 g/mol. The molecule has 0 saturated carbocycles. The molecule has 108 valence electrons. The van der Waals surface area contributed by atoms with Gasteiger partial charge in [0.15, 0.2) is 0 Å². The lowest BCUT2D eigenvalue weighted by Crippen LogP contribution is -2.05. The molecule has 0 spiro atoms. The van der Waals surface area contributed by atoms with Crippen LogP contribution >= 0.6 is 11.3 Å². The van der Waals surface area contributed by atoms with Gasteiger partial charge in [-0.15, -0.1) is 11.3 Å². The second-order valence-electron chi connectivity index (χ2n) is 4.94. The Labute approximate surface area is 128 Å². The first kappa shape index (κ1) is 14.0. The number of hydrogen-bond donors (Lipinski definition) is 1. The molecule has 2 aromatic carbocycles. The molecule has 1 N–H and O–H groups in total. The van der Waals surface area contributed by atoms with Crippen molar-refractivity contribution in [3.63, 3.8) is 0 Å². The number of rotatable bonds is 5. The zero-order valence-corrected chi connectivity index (χ0v) is 13.0. The molecule has 0 aliphatic carbocycles. The highest BCUT2D eigenvalue weighted by Crippen LogP contribution is 2.26. The van der Waals surface area contributed by atoms with Gasteiger partial charge in [-0.1, -0.05) is 24.3 Å². The van der Waals surface area contributed by atoms with Crippen molar-refractivity contribution in [2.75, 3.05) is 14.2 Å². The largest absolute Gasteiger partial charge is 0.497 e. The first-order valence-electron chi connectivity index (χ1n) is 6.93. The Bertz CT molecular complexity index is 751. The minimum absolute atomic E-state index is 0.819. The van der Waals surface area contributed by atoms with Crippen LogP contribution in [-0.4, -0.2) is 19.1 Å². The Balaban J connectivity index is 1.95. The maximum Gasteiger partial charge on any atom is 0.119 e. The molecule has 0 saturated heterocycles. The predicted molar refractivity (Wildman–Crippen MR) is 88.2 cm³/mol. The predicted octanol–water partition coefficient (Wildman–Crippen LogP) is 3.62. The highest BCUT2D eigenvalue weighted by Gasteiger charge is 2.07. The summed E-state index contributed by atoms with van der Waals surface area (Å²) in [6.45, 7) is 0.819. The summed E-state index contributed by atoms with van der Waals surface area (Å²) in [5.74, 6) is 0.893. The molecule has 1 heterocycles. The molecule has 4 heteroatoms. The van der Waals surface area contributed by atoms with Gasteiger partial charge in [0, 0.05) is 18.3 Å². The maximum atomic E-state index is 5.34. The number of aromatic nitrogens is 1. The van der Waals surface area contributed by atoms with Crippen LogP contribution in [0, 0.1) is 0 Å². The first-order valence-corrected chi connectivity index (χ1v) is 7.81. The third-order valence-corrected chi connectivity index (χ3v) is 4.38. The molecule has 3 nitrogen and oxygen atoms in total. The minimum Gasteiger partial charge on any atom is -0.497 e. The lowest BCUT2D eigenvalue weighted by atomic mass is 10.0. The van der Waals surface area contributed by atoms with Crippen LogP contribution in [0.1, 0.15) is 16.3 Å². The fraction of sp³-hybridized carbons (Fsp3) is 0.235. The van der Waals surface area contributed by atoms with E-state index in [1.807, 2.05) is 13.1 Å². The van der Waals surface area contributed by atoms with Gasteiger partial charge < -0.3 is 10.1 Å². The number of benzene rings is 2. The second kappa shape index (κ2) is 6.24. The fourth-order valence-electron chi connectivity index (χ4n) is 2.45. The second-order valence-corrected chi connectivity index (χ2v) is 5.89. The first-order chi connectivity index (χ1) is 10.3.